The second kappa shape index (κ2) is 5.31. The molecule has 0 aliphatic rings. The van der Waals surface area contributed by atoms with Gasteiger partial charge in [0.15, 0.2) is 0 Å². The number of carbonyl (C=O) groups excluding carboxylic acids is 1. The van der Waals surface area contributed by atoms with Crippen molar-refractivity contribution in [2.45, 2.75) is 33.2 Å². The smallest absolute Gasteiger partial charge is 0.231 e. The van der Waals surface area contributed by atoms with Crippen LogP contribution >= 0.6 is 31.9 Å². The van der Waals surface area contributed by atoms with Crippen LogP contribution in [0.3, 0.4) is 0 Å². The van der Waals surface area contributed by atoms with Crippen LogP contribution in [0.25, 0.3) is 0 Å². The lowest BCUT2D eigenvalue weighted by Crippen LogP contribution is -2.53. The van der Waals surface area contributed by atoms with Gasteiger partial charge in [-0.15, -0.1) is 0 Å². The Balaban J connectivity index is 2.98. The fraction of sp³-hybridized carbons (Fsp3) is 0.462. The summed E-state index contributed by atoms with van der Waals surface area (Å²) < 4.78 is 1.75. The fourth-order valence-electron chi connectivity index (χ4n) is 1.16. The summed E-state index contributed by atoms with van der Waals surface area (Å²) in [7, 11) is 0. The monoisotopic (exact) mass is 376 g/mol. The van der Waals surface area contributed by atoms with Crippen molar-refractivity contribution in [1.82, 2.24) is 0 Å². The number of rotatable bonds is 3. The van der Waals surface area contributed by atoms with Crippen molar-refractivity contribution in [2.24, 2.45) is 11.1 Å². The molecule has 3 nitrogen and oxygen atoms in total. The minimum atomic E-state index is -0.672. The third-order valence-corrected chi connectivity index (χ3v) is 4.54. The first-order valence-electron chi connectivity index (χ1n) is 5.61. The molecule has 0 saturated carbocycles. The molecule has 1 aromatic rings. The Labute approximate surface area is 125 Å². The lowest BCUT2D eigenvalue weighted by atomic mass is 9.74. The van der Waals surface area contributed by atoms with Gasteiger partial charge in [-0.3, -0.25) is 4.79 Å². The van der Waals surface area contributed by atoms with E-state index in [0.717, 1.165) is 14.6 Å². The van der Waals surface area contributed by atoms with Gasteiger partial charge >= 0.3 is 0 Å². The van der Waals surface area contributed by atoms with E-state index in [1.54, 1.807) is 0 Å². The Morgan fingerprint density at radius 2 is 1.78 bits per heavy atom. The summed E-state index contributed by atoms with van der Waals surface area (Å²) in [6, 6.07) is 5.62. The van der Waals surface area contributed by atoms with Crippen molar-refractivity contribution in [2.75, 3.05) is 5.32 Å². The topological polar surface area (TPSA) is 55.1 Å². The largest absolute Gasteiger partial charge is 0.325 e. The van der Waals surface area contributed by atoms with Crippen LogP contribution in [0.5, 0.6) is 0 Å². The molecule has 0 fully saturated rings. The number of nitrogens with two attached hydrogens (primary N) is 1. The van der Waals surface area contributed by atoms with E-state index in [-0.39, 0.29) is 5.91 Å². The summed E-state index contributed by atoms with van der Waals surface area (Å²) in [6.07, 6.45) is 0. The molecule has 0 atom stereocenters. The van der Waals surface area contributed by atoms with Crippen LogP contribution in [0, 0.1) is 5.41 Å². The number of nitrogens with one attached hydrogen (secondary N) is 1. The molecule has 0 unspecified atom stereocenters. The Morgan fingerprint density at radius 3 is 2.28 bits per heavy atom. The maximum atomic E-state index is 12.3. The molecule has 100 valence electrons. The van der Waals surface area contributed by atoms with E-state index >= 15 is 0 Å². The van der Waals surface area contributed by atoms with Crippen LogP contribution in [-0.2, 0) is 4.79 Å². The van der Waals surface area contributed by atoms with Crippen LogP contribution in [0.15, 0.2) is 27.1 Å². The van der Waals surface area contributed by atoms with Gasteiger partial charge < -0.3 is 11.1 Å². The van der Waals surface area contributed by atoms with Crippen molar-refractivity contribution < 1.29 is 4.79 Å². The highest BCUT2D eigenvalue weighted by Crippen LogP contribution is 2.32. The van der Waals surface area contributed by atoms with Crippen LogP contribution < -0.4 is 11.1 Å². The predicted molar refractivity (Wildman–Crippen MR) is 82.5 cm³/mol. The van der Waals surface area contributed by atoms with E-state index < -0.39 is 11.0 Å². The number of hydrogen-bond donors (Lipinski definition) is 2. The summed E-state index contributed by atoms with van der Waals surface area (Å²) in [4.78, 5) is 12.3. The highest BCUT2D eigenvalue weighted by atomic mass is 79.9. The predicted octanol–water partition coefficient (Wildman–Crippen LogP) is 3.91. The van der Waals surface area contributed by atoms with E-state index in [4.69, 9.17) is 5.73 Å². The van der Waals surface area contributed by atoms with Crippen molar-refractivity contribution in [3.8, 4) is 0 Å². The third kappa shape index (κ3) is 3.33. The fourth-order valence-corrected chi connectivity index (χ4v) is 1.87. The molecular formula is C13H18Br2N2O. The van der Waals surface area contributed by atoms with E-state index in [1.807, 2.05) is 45.9 Å². The lowest BCUT2D eigenvalue weighted by molar-refractivity contribution is -0.126. The molecule has 0 radical (unpaired) electrons. The second-order valence-electron chi connectivity index (χ2n) is 5.42. The van der Waals surface area contributed by atoms with Gasteiger partial charge in [0, 0.05) is 14.5 Å². The van der Waals surface area contributed by atoms with E-state index in [0.29, 0.717) is 0 Å². The molecule has 0 bridgehead atoms. The first-order valence-corrected chi connectivity index (χ1v) is 7.19. The molecule has 0 spiro atoms. The number of benzene rings is 1. The van der Waals surface area contributed by atoms with Crippen molar-refractivity contribution in [1.29, 1.82) is 0 Å². The normalized spacial score (nSPS) is 12.4. The van der Waals surface area contributed by atoms with Crippen LogP contribution in [0.4, 0.5) is 5.69 Å². The Morgan fingerprint density at radius 1 is 1.22 bits per heavy atom. The lowest BCUT2D eigenvalue weighted by Gasteiger charge is -2.37. The first kappa shape index (κ1) is 15.7. The third-order valence-electron chi connectivity index (χ3n) is 3.36. The molecule has 0 aromatic heterocycles. The summed E-state index contributed by atoms with van der Waals surface area (Å²) >= 11 is 6.79. The van der Waals surface area contributed by atoms with Gasteiger partial charge in [0.2, 0.25) is 5.91 Å². The molecule has 1 rings (SSSR count). The van der Waals surface area contributed by atoms with Gasteiger partial charge in [-0.25, -0.2) is 0 Å². The Bertz CT molecular complexity index is 465. The van der Waals surface area contributed by atoms with E-state index in [1.165, 1.54) is 0 Å². The summed E-state index contributed by atoms with van der Waals surface area (Å²) in [5, 5.41) is 2.90. The average Bonchev–Trinajstić information content (AvgIpc) is 2.21. The zero-order valence-corrected chi connectivity index (χ0v) is 14.1. The highest BCUT2D eigenvalue weighted by Gasteiger charge is 2.40. The number of hydrogen-bond acceptors (Lipinski definition) is 2. The zero-order chi connectivity index (χ0) is 14.1. The van der Waals surface area contributed by atoms with Gasteiger partial charge in [0.1, 0.15) is 0 Å². The molecule has 0 aliphatic carbocycles. The summed E-state index contributed by atoms with van der Waals surface area (Å²) in [6.45, 7) is 7.38. The second-order valence-corrected chi connectivity index (χ2v) is 7.19. The SMILES string of the molecule is CC(C)(N)C(C)(C)C(=O)Nc1cc(Br)ccc1Br. The maximum Gasteiger partial charge on any atom is 0.231 e. The molecule has 3 N–H and O–H groups in total. The number of halogens is 2. The van der Waals surface area contributed by atoms with Crippen LogP contribution in [0.2, 0.25) is 0 Å². The van der Waals surface area contributed by atoms with Crippen LogP contribution in [0.1, 0.15) is 27.7 Å². The minimum Gasteiger partial charge on any atom is -0.325 e. The van der Waals surface area contributed by atoms with Gasteiger partial charge in [0.25, 0.3) is 0 Å². The van der Waals surface area contributed by atoms with Gasteiger partial charge in [-0.2, -0.15) is 0 Å². The molecule has 0 heterocycles. The minimum absolute atomic E-state index is 0.103. The zero-order valence-electron chi connectivity index (χ0n) is 11.0. The summed E-state index contributed by atoms with van der Waals surface area (Å²) in [5.74, 6) is -0.103. The molecule has 18 heavy (non-hydrogen) atoms. The first-order chi connectivity index (χ1) is 8.05. The standard InChI is InChI=1S/C13H18Br2N2O/c1-12(2,13(3,4)16)11(18)17-10-7-8(14)5-6-9(10)15/h5-7H,16H2,1-4H3,(H,17,18). The van der Waals surface area contributed by atoms with Gasteiger partial charge in [-0.1, -0.05) is 15.9 Å². The molecule has 5 heteroatoms. The average molecular weight is 378 g/mol. The Hall–Kier alpha value is -0.390. The molecular weight excluding hydrogens is 360 g/mol. The maximum absolute atomic E-state index is 12.3. The summed E-state index contributed by atoms with van der Waals surface area (Å²) in [5.41, 5.74) is 5.51. The Kier molecular flexibility index (Phi) is 4.62. The molecule has 1 aromatic carbocycles. The molecule has 0 aliphatic heterocycles. The van der Waals surface area contributed by atoms with E-state index in [9.17, 15) is 4.79 Å². The number of carbonyl (C=O) groups is 1. The van der Waals surface area contributed by atoms with Crippen LogP contribution in [-0.4, -0.2) is 11.4 Å². The molecule has 1 amide bonds. The number of amides is 1. The highest BCUT2D eigenvalue weighted by molar-refractivity contribution is 9.11. The molecule has 0 saturated heterocycles. The number of anilines is 1. The van der Waals surface area contributed by atoms with Gasteiger partial charge in [-0.05, 0) is 61.8 Å². The van der Waals surface area contributed by atoms with Crippen molar-refractivity contribution in [3.05, 3.63) is 27.1 Å². The van der Waals surface area contributed by atoms with Crippen molar-refractivity contribution in [3.63, 3.8) is 0 Å². The van der Waals surface area contributed by atoms with Crippen molar-refractivity contribution >= 4 is 43.5 Å². The van der Waals surface area contributed by atoms with E-state index in [2.05, 4.69) is 37.2 Å². The quantitative estimate of drug-likeness (QED) is 0.838. The van der Waals surface area contributed by atoms with Gasteiger partial charge in [0.05, 0.1) is 11.1 Å².